The van der Waals surface area contributed by atoms with Gasteiger partial charge in [0.15, 0.2) is 5.13 Å². The van der Waals surface area contributed by atoms with Crippen LogP contribution in [-0.4, -0.2) is 26.6 Å². The Morgan fingerprint density at radius 1 is 1.38 bits per heavy atom. The summed E-state index contributed by atoms with van der Waals surface area (Å²) in [6, 6.07) is 0. The molecule has 3 N–H and O–H groups in total. The van der Waals surface area contributed by atoms with Gasteiger partial charge in [0.05, 0.1) is 24.2 Å². The Hall–Kier alpha value is -2.22. The van der Waals surface area contributed by atoms with Gasteiger partial charge in [-0.2, -0.15) is 5.10 Å². The van der Waals surface area contributed by atoms with Crippen LogP contribution in [0.25, 0.3) is 0 Å². The number of carbonyl (C=O) groups is 2. The van der Waals surface area contributed by atoms with E-state index in [1.807, 2.05) is 20.9 Å². The van der Waals surface area contributed by atoms with Gasteiger partial charge in [-0.3, -0.25) is 14.3 Å². The molecule has 0 atom stereocenters. The Kier molecular flexibility index (Phi) is 4.37. The summed E-state index contributed by atoms with van der Waals surface area (Å²) in [4.78, 5) is 27.0. The van der Waals surface area contributed by atoms with Crippen molar-refractivity contribution >= 4 is 28.3 Å². The minimum Gasteiger partial charge on any atom is -0.369 e. The Morgan fingerprint density at radius 2 is 2.10 bits per heavy atom. The number of hydrogen-bond acceptors (Lipinski definition) is 5. The first-order valence-corrected chi connectivity index (χ1v) is 7.26. The number of primary amides is 1. The molecule has 0 saturated carbocycles. The Balaban J connectivity index is 2.01. The van der Waals surface area contributed by atoms with Crippen molar-refractivity contribution in [3.63, 3.8) is 0 Å². The summed E-state index contributed by atoms with van der Waals surface area (Å²) < 4.78 is 1.76. The van der Waals surface area contributed by atoms with Gasteiger partial charge in [-0.25, -0.2) is 4.98 Å². The molecule has 0 spiro atoms. The van der Waals surface area contributed by atoms with E-state index in [0.29, 0.717) is 10.8 Å². The number of anilines is 1. The molecular weight excluding hydrogens is 290 g/mol. The molecule has 0 saturated heterocycles. The molecule has 7 nitrogen and oxygen atoms in total. The lowest BCUT2D eigenvalue weighted by atomic mass is 10.1. The second-order valence-electron chi connectivity index (χ2n) is 4.79. The van der Waals surface area contributed by atoms with Crippen LogP contribution in [0.3, 0.4) is 0 Å². The third-order valence-corrected chi connectivity index (χ3v) is 3.96. The molecule has 0 unspecified atom stereocenters. The number of hydrogen-bond donors (Lipinski definition) is 2. The fraction of sp³-hybridized carbons (Fsp3) is 0.385. The van der Waals surface area contributed by atoms with Crippen molar-refractivity contribution in [2.24, 2.45) is 12.8 Å². The number of aromatic nitrogens is 3. The highest BCUT2D eigenvalue weighted by atomic mass is 32.1. The highest BCUT2D eigenvalue weighted by Crippen LogP contribution is 2.17. The zero-order valence-corrected chi connectivity index (χ0v) is 13.0. The number of carbonyl (C=O) groups excluding carboxylic acids is 2. The molecule has 2 rings (SSSR count). The highest BCUT2D eigenvalue weighted by molar-refractivity contribution is 7.13. The summed E-state index contributed by atoms with van der Waals surface area (Å²) in [7, 11) is 1.85. The van der Waals surface area contributed by atoms with E-state index in [-0.39, 0.29) is 18.7 Å². The van der Waals surface area contributed by atoms with E-state index in [9.17, 15) is 9.59 Å². The van der Waals surface area contributed by atoms with Gasteiger partial charge < -0.3 is 11.1 Å². The van der Waals surface area contributed by atoms with Crippen molar-refractivity contribution in [1.29, 1.82) is 0 Å². The zero-order chi connectivity index (χ0) is 15.6. The summed E-state index contributed by atoms with van der Waals surface area (Å²) in [6.45, 7) is 3.81. The van der Waals surface area contributed by atoms with E-state index in [4.69, 9.17) is 5.73 Å². The van der Waals surface area contributed by atoms with Gasteiger partial charge in [-0.1, -0.05) is 0 Å². The van der Waals surface area contributed by atoms with Crippen LogP contribution in [0.2, 0.25) is 0 Å². The first-order valence-electron chi connectivity index (χ1n) is 6.38. The molecule has 0 fully saturated rings. The molecule has 0 bridgehead atoms. The molecule has 8 heteroatoms. The molecule has 0 aliphatic rings. The smallest absolute Gasteiger partial charge is 0.230 e. The molecule has 0 radical (unpaired) electrons. The van der Waals surface area contributed by atoms with E-state index in [0.717, 1.165) is 17.0 Å². The van der Waals surface area contributed by atoms with Crippen LogP contribution >= 0.6 is 11.3 Å². The first kappa shape index (κ1) is 15.2. The van der Waals surface area contributed by atoms with Crippen molar-refractivity contribution < 1.29 is 9.59 Å². The van der Waals surface area contributed by atoms with Gasteiger partial charge in [0, 0.05) is 23.7 Å². The minimum atomic E-state index is -0.445. The van der Waals surface area contributed by atoms with Crippen LogP contribution in [0.1, 0.15) is 22.6 Å². The zero-order valence-electron chi connectivity index (χ0n) is 12.1. The summed E-state index contributed by atoms with van der Waals surface area (Å²) >= 11 is 1.27. The molecule has 112 valence electrons. The van der Waals surface area contributed by atoms with Gasteiger partial charge in [0.2, 0.25) is 11.8 Å². The Labute approximate surface area is 126 Å². The quantitative estimate of drug-likeness (QED) is 0.848. The number of nitrogens with two attached hydrogens (primary N) is 1. The Morgan fingerprint density at radius 3 is 2.67 bits per heavy atom. The minimum absolute atomic E-state index is 0.0766. The van der Waals surface area contributed by atoms with Crippen LogP contribution in [0, 0.1) is 13.8 Å². The maximum absolute atomic E-state index is 12.1. The van der Waals surface area contributed by atoms with Gasteiger partial charge in [-0.15, -0.1) is 11.3 Å². The molecular formula is C13H17N5O2S. The summed E-state index contributed by atoms with van der Waals surface area (Å²) in [5, 5.41) is 9.18. The highest BCUT2D eigenvalue weighted by Gasteiger charge is 2.14. The topological polar surface area (TPSA) is 103 Å². The molecule has 2 aromatic heterocycles. The van der Waals surface area contributed by atoms with E-state index in [1.54, 1.807) is 10.1 Å². The monoisotopic (exact) mass is 307 g/mol. The van der Waals surface area contributed by atoms with Crippen LogP contribution in [0.5, 0.6) is 0 Å². The third kappa shape index (κ3) is 3.66. The predicted molar refractivity (Wildman–Crippen MR) is 80.0 cm³/mol. The fourth-order valence-corrected chi connectivity index (χ4v) is 2.75. The van der Waals surface area contributed by atoms with Crippen molar-refractivity contribution in [3.8, 4) is 0 Å². The summed E-state index contributed by atoms with van der Waals surface area (Å²) in [5.74, 6) is -0.603. The Bertz CT molecular complexity index is 689. The van der Waals surface area contributed by atoms with Gasteiger partial charge in [-0.05, 0) is 13.8 Å². The molecule has 0 aromatic carbocycles. The van der Waals surface area contributed by atoms with Crippen LogP contribution < -0.4 is 11.1 Å². The molecule has 0 aliphatic carbocycles. The third-order valence-electron chi connectivity index (χ3n) is 3.15. The standard InChI is InChI=1S/C13H17N5O2S/c1-7-10(8(2)18(3)17-7)5-12(20)16-13-15-9(6-21-13)4-11(14)19/h6H,4-5H2,1-3H3,(H2,14,19)(H,15,16,20). The molecule has 21 heavy (non-hydrogen) atoms. The number of nitrogens with one attached hydrogen (secondary N) is 1. The van der Waals surface area contributed by atoms with Crippen LogP contribution in [0.15, 0.2) is 5.38 Å². The van der Waals surface area contributed by atoms with E-state index in [1.165, 1.54) is 11.3 Å². The summed E-state index contributed by atoms with van der Waals surface area (Å²) in [5.41, 5.74) is 8.40. The average Bonchev–Trinajstić information content (AvgIpc) is 2.89. The van der Waals surface area contributed by atoms with Crippen LogP contribution in [-0.2, 0) is 29.5 Å². The number of nitrogens with zero attached hydrogens (tertiary/aromatic N) is 3. The second kappa shape index (κ2) is 6.04. The number of rotatable bonds is 5. The van der Waals surface area contributed by atoms with E-state index >= 15 is 0 Å². The molecule has 2 amide bonds. The summed E-state index contributed by atoms with van der Waals surface area (Å²) in [6.07, 6.45) is 0.323. The SMILES string of the molecule is Cc1nn(C)c(C)c1CC(=O)Nc1nc(CC(N)=O)cs1. The normalized spacial score (nSPS) is 10.6. The van der Waals surface area contributed by atoms with Crippen molar-refractivity contribution in [3.05, 3.63) is 28.0 Å². The number of aryl methyl sites for hydroxylation is 2. The maximum Gasteiger partial charge on any atom is 0.230 e. The predicted octanol–water partition coefficient (Wildman–Crippen LogP) is 0.702. The first-order chi connectivity index (χ1) is 9.86. The van der Waals surface area contributed by atoms with E-state index in [2.05, 4.69) is 15.4 Å². The van der Waals surface area contributed by atoms with Gasteiger partial charge in [0.25, 0.3) is 0 Å². The lowest BCUT2D eigenvalue weighted by Crippen LogP contribution is -2.16. The molecule has 2 heterocycles. The molecule has 0 aliphatic heterocycles. The number of thiazole rings is 1. The average molecular weight is 307 g/mol. The van der Waals surface area contributed by atoms with Crippen molar-refractivity contribution in [1.82, 2.24) is 14.8 Å². The van der Waals surface area contributed by atoms with Crippen LogP contribution in [0.4, 0.5) is 5.13 Å². The van der Waals surface area contributed by atoms with Crippen molar-refractivity contribution in [2.45, 2.75) is 26.7 Å². The number of amides is 2. The van der Waals surface area contributed by atoms with Gasteiger partial charge >= 0.3 is 0 Å². The second-order valence-corrected chi connectivity index (χ2v) is 5.64. The maximum atomic E-state index is 12.1. The van der Waals surface area contributed by atoms with E-state index < -0.39 is 5.91 Å². The largest absolute Gasteiger partial charge is 0.369 e. The lowest BCUT2D eigenvalue weighted by Gasteiger charge is -2.02. The lowest BCUT2D eigenvalue weighted by molar-refractivity contribution is -0.117. The van der Waals surface area contributed by atoms with Gasteiger partial charge in [0.1, 0.15) is 0 Å². The van der Waals surface area contributed by atoms with Crippen molar-refractivity contribution in [2.75, 3.05) is 5.32 Å². The fourth-order valence-electron chi connectivity index (χ4n) is 2.02. The molecule has 2 aromatic rings.